The Morgan fingerprint density at radius 1 is 1.15 bits per heavy atom. The number of hydrogen-bond acceptors (Lipinski definition) is 4. The van der Waals surface area contributed by atoms with E-state index in [0.717, 1.165) is 19.3 Å². The molecule has 2 N–H and O–H groups in total. The smallest absolute Gasteiger partial charge is 0.261 e. The maximum Gasteiger partial charge on any atom is 0.261 e. The molecule has 0 radical (unpaired) electrons. The van der Waals surface area contributed by atoms with Gasteiger partial charge >= 0.3 is 0 Å². The number of hydrogen-bond donors (Lipinski definition) is 2. The van der Waals surface area contributed by atoms with Crippen LogP contribution in [0.4, 0.5) is 11.4 Å². The lowest BCUT2D eigenvalue weighted by molar-refractivity contribution is -0.122. The van der Waals surface area contributed by atoms with Crippen LogP contribution in [0.3, 0.4) is 0 Å². The molecule has 0 spiro atoms. The monoisotopic (exact) mass is 452 g/mol. The average molecular weight is 453 g/mol. The molecule has 2 aromatic rings. The maximum atomic E-state index is 12.6. The Labute approximate surface area is 167 Å². The fraction of sp³-hybridized carbons (Fsp3) is 0.316. The van der Waals surface area contributed by atoms with Crippen LogP contribution >= 0.6 is 15.9 Å². The van der Waals surface area contributed by atoms with E-state index in [2.05, 4.69) is 26.0 Å². The molecule has 0 saturated heterocycles. The number of halogens is 1. The molecule has 2 aromatic carbocycles. The maximum absolute atomic E-state index is 12.6. The summed E-state index contributed by atoms with van der Waals surface area (Å²) in [7, 11) is -3.73. The van der Waals surface area contributed by atoms with Crippen molar-refractivity contribution >= 4 is 43.2 Å². The summed E-state index contributed by atoms with van der Waals surface area (Å²) in [5.74, 6) is 0.717. The van der Waals surface area contributed by atoms with Crippen molar-refractivity contribution in [2.24, 2.45) is 5.92 Å². The van der Waals surface area contributed by atoms with Crippen molar-refractivity contribution in [1.29, 1.82) is 0 Å². The van der Waals surface area contributed by atoms with Gasteiger partial charge in [-0.2, -0.15) is 0 Å². The Hall–Kier alpha value is -2.06. The summed E-state index contributed by atoms with van der Waals surface area (Å²) in [5, 5.41) is 2.82. The van der Waals surface area contributed by atoms with Gasteiger partial charge in [-0.1, -0.05) is 6.42 Å². The first-order valence-corrected chi connectivity index (χ1v) is 11.0. The highest BCUT2D eigenvalue weighted by Crippen LogP contribution is 2.30. The Kier molecular flexibility index (Phi) is 6.06. The Morgan fingerprint density at radius 2 is 1.81 bits per heavy atom. The number of carbonyl (C=O) groups is 1. The molecule has 27 heavy (non-hydrogen) atoms. The third-order valence-electron chi connectivity index (χ3n) is 4.39. The SMILES string of the molecule is CCOc1ccc(NS(=O)(=O)c2ccc(NC(=O)C3CCC3)cc2)cc1Br. The van der Waals surface area contributed by atoms with Crippen molar-refractivity contribution in [2.45, 2.75) is 31.1 Å². The summed E-state index contributed by atoms with van der Waals surface area (Å²) in [6.07, 6.45) is 2.92. The molecule has 0 aliphatic heterocycles. The van der Waals surface area contributed by atoms with E-state index in [0.29, 0.717) is 28.2 Å². The van der Waals surface area contributed by atoms with Crippen LogP contribution < -0.4 is 14.8 Å². The summed E-state index contributed by atoms with van der Waals surface area (Å²) < 4.78 is 33.8. The molecule has 0 atom stereocenters. The summed E-state index contributed by atoms with van der Waals surface area (Å²) in [6.45, 7) is 2.40. The summed E-state index contributed by atoms with van der Waals surface area (Å²) in [6, 6.07) is 11.1. The molecule has 1 aliphatic rings. The zero-order valence-corrected chi connectivity index (χ0v) is 17.3. The average Bonchev–Trinajstić information content (AvgIpc) is 2.56. The number of rotatable bonds is 7. The van der Waals surface area contributed by atoms with Gasteiger partial charge in [-0.05, 0) is 78.2 Å². The van der Waals surface area contributed by atoms with E-state index in [1.54, 1.807) is 30.3 Å². The van der Waals surface area contributed by atoms with Gasteiger partial charge in [0.25, 0.3) is 10.0 Å². The van der Waals surface area contributed by atoms with E-state index in [1.165, 1.54) is 12.1 Å². The first-order valence-electron chi connectivity index (χ1n) is 8.75. The van der Waals surface area contributed by atoms with E-state index < -0.39 is 10.0 Å². The Bertz CT molecular complexity index is 925. The number of sulfonamides is 1. The quantitative estimate of drug-likeness (QED) is 0.652. The highest BCUT2D eigenvalue weighted by molar-refractivity contribution is 9.10. The van der Waals surface area contributed by atoms with Crippen LogP contribution in [0, 0.1) is 5.92 Å². The van der Waals surface area contributed by atoms with Gasteiger partial charge in [0, 0.05) is 11.6 Å². The van der Waals surface area contributed by atoms with Gasteiger partial charge < -0.3 is 10.1 Å². The lowest BCUT2D eigenvalue weighted by Crippen LogP contribution is -2.28. The molecule has 1 aliphatic carbocycles. The number of nitrogens with one attached hydrogen (secondary N) is 2. The van der Waals surface area contributed by atoms with Gasteiger partial charge in [-0.15, -0.1) is 0 Å². The first-order chi connectivity index (χ1) is 12.9. The largest absolute Gasteiger partial charge is 0.493 e. The predicted octanol–water partition coefficient (Wildman–Crippen LogP) is 4.39. The lowest BCUT2D eigenvalue weighted by atomic mass is 9.85. The molecule has 1 fully saturated rings. The van der Waals surface area contributed by atoms with Crippen LogP contribution in [0.2, 0.25) is 0 Å². The van der Waals surface area contributed by atoms with Crippen molar-refractivity contribution in [3.8, 4) is 5.75 Å². The number of ether oxygens (including phenoxy) is 1. The van der Waals surface area contributed by atoms with Crippen LogP contribution in [-0.2, 0) is 14.8 Å². The Morgan fingerprint density at radius 3 is 2.37 bits per heavy atom. The van der Waals surface area contributed by atoms with Crippen molar-refractivity contribution in [2.75, 3.05) is 16.6 Å². The summed E-state index contributed by atoms with van der Waals surface area (Å²) >= 11 is 3.37. The van der Waals surface area contributed by atoms with Crippen molar-refractivity contribution < 1.29 is 17.9 Å². The van der Waals surface area contributed by atoms with Crippen molar-refractivity contribution in [1.82, 2.24) is 0 Å². The van der Waals surface area contributed by atoms with E-state index in [4.69, 9.17) is 4.74 Å². The molecular formula is C19H21BrN2O4S. The molecule has 8 heteroatoms. The third-order valence-corrected chi connectivity index (χ3v) is 6.41. The predicted molar refractivity (Wildman–Crippen MR) is 109 cm³/mol. The molecule has 144 valence electrons. The van der Waals surface area contributed by atoms with Gasteiger partial charge in [0.15, 0.2) is 0 Å². The van der Waals surface area contributed by atoms with Gasteiger partial charge in [0.2, 0.25) is 5.91 Å². The van der Waals surface area contributed by atoms with Crippen LogP contribution in [0.1, 0.15) is 26.2 Å². The molecule has 6 nitrogen and oxygen atoms in total. The molecule has 3 rings (SSSR count). The third kappa shape index (κ3) is 4.81. The van der Waals surface area contributed by atoms with Crippen LogP contribution in [0.5, 0.6) is 5.75 Å². The number of carbonyl (C=O) groups excluding carboxylic acids is 1. The van der Waals surface area contributed by atoms with Gasteiger partial charge in [-0.3, -0.25) is 9.52 Å². The highest BCUT2D eigenvalue weighted by atomic mass is 79.9. The van der Waals surface area contributed by atoms with Gasteiger partial charge in [0.05, 0.1) is 21.7 Å². The molecule has 0 bridgehead atoms. The second kappa shape index (κ2) is 8.31. The zero-order chi connectivity index (χ0) is 19.4. The second-order valence-electron chi connectivity index (χ2n) is 6.33. The molecule has 0 aromatic heterocycles. The Balaban J connectivity index is 1.69. The highest BCUT2D eigenvalue weighted by Gasteiger charge is 2.25. The lowest BCUT2D eigenvalue weighted by Gasteiger charge is -2.24. The van der Waals surface area contributed by atoms with Gasteiger partial charge in [0.1, 0.15) is 5.75 Å². The number of amides is 1. The fourth-order valence-electron chi connectivity index (χ4n) is 2.68. The van der Waals surface area contributed by atoms with Crippen molar-refractivity contribution in [3.63, 3.8) is 0 Å². The molecule has 1 amide bonds. The van der Waals surface area contributed by atoms with Crippen LogP contribution in [0.15, 0.2) is 51.8 Å². The molecule has 1 saturated carbocycles. The minimum atomic E-state index is -3.73. The van der Waals surface area contributed by atoms with Crippen LogP contribution in [-0.4, -0.2) is 20.9 Å². The normalized spacial score (nSPS) is 14.3. The zero-order valence-electron chi connectivity index (χ0n) is 14.9. The van der Waals surface area contributed by atoms with Gasteiger partial charge in [-0.25, -0.2) is 8.42 Å². The summed E-state index contributed by atoms with van der Waals surface area (Å²) in [5.41, 5.74) is 1.02. The molecule has 0 heterocycles. The standard InChI is InChI=1S/C19H21BrN2O4S/c1-2-26-18-11-8-15(12-17(18)20)22-27(24,25)16-9-6-14(7-10-16)21-19(23)13-4-3-5-13/h6-13,22H,2-5H2,1H3,(H,21,23). The van der Waals surface area contributed by atoms with E-state index in [9.17, 15) is 13.2 Å². The van der Waals surface area contributed by atoms with Crippen LogP contribution in [0.25, 0.3) is 0 Å². The topological polar surface area (TPSA) is 84.5 Å². The van der Waals surface area contributed by atoms with Crippen molar-refractivity contribution in [3.05, 3.63) is 46.9 Å². The molecule has 0 unspecified atom stereocenters. The number of anilines is 2. The number of benzene rings is 2. The summed E-state index contributed by atoms with van der Waals surface area (Å²) in [4.78, 5) is 12.1. The van der Waals surface area contributed by atoms with E-state index >= 15 is 0 Å². The second-order valence-corrected chi connectivity index (χ2v) is 8.86. The first kappa shape index (κ1) is 19.7. The minimum Gasteiger partial charge on any atom is -0.493 e. The minimum absolute atomic E-state index is 0.00535. The van der Waals surface area contributed by atoms with E-state index in [1.807, 2.05) is 6.92 Å². The molecular weight excluding hydrogens is 432 g/mol. The van der Waals surface area contributed by atoms with E-state index in [-0.39, 0.29) is 16.7 Å². The fourth-order valence-corrected chi connectivity index (χ4v) is 4.23.